The van der Waals surface area contributed by atoms with Crippen molar-refractivity contribution in [3.63, 3.8) is 0 Å². The summed E-state index contributed by atoms with van der Waals surface area (Å²) >= 11 is 0. The molecule has 130 valence electrons. The highest BCUT2D eigenvalue weighted by molar-refractivity contribution is 5.98. The number of aromatic nitrogens is 2. The van der Waals surface area contributed by atoms with E-state index in [0.717, 1.165) is 11.1 Å². The number of benzene rings is 2. The lowest BCUT2D eigenvalue weighted by atomic mass is 10.1. The Morgan fingerprint density at radius 3 is 2.46 bits per heavy atom. The van der Waals surface area contributed by atoms with E-state index >= 15 is 0 Å². The molecule has 0 aliphatic carbocycles. The van der Waals surface area contributed by atoms with Gasteiger partial charge < -0.3 is 14.8 Å². The molecular weight excluding hydrogens is 332 g/mol. The average Bonchev–Trinajstić information content (AvgIpc) is 2.68. The van der Waals surface area contributed by atoms with Crippen LogP contribution in [0.5, 0.6) is 11.5 Å². The van der Waals surface area contributed by atoms with Crippen LogP contribution in [0.4, 0.5) is 11.5 Å². The third-order valence-corrected chi connectivity index (χ3v) is 3.85. The quantitative estimate of drug-likeness (QED) is 0.681. The van der Waals surface area contributed by atoms with Crippen LogP contribution in [0, 0.1) is 11.3 Å². The molecule has 0 saturated heterocycles. The van der Waals surface area contributed by atoms with Gasteiger partial charge in [-0.25, -0.2) is 9.97 Å². The topological polar surface area (TPSA) is 97.1 Å². The lowest BCUT2D eigenvalue weighted by Crippen LogP contribution is -2.00. The minimum absolute atomic E-state index is 0.134. The second-order valence-corrected chi connectivity index (χ2v) is 5.41. The summed E-state index contributed by atoms with van der Waals surface area (Å²) in [7, 11) is 3.14. The first-order valence-electron chi connectivity index (χ1n) is 7.80. The number of nitriles is 1. The fourth-order valence-electron chi connectivity index (χ4n) is 2.53. The van der Waals surface area contributed by atoms with Gasteiger partial charge >= 0.3 is 0 Å². The molecule has 7 nitrogen and oxygen atoms in total. The summed E-state index contributed by atoms with van der Waals surface area (Å²) in [6.07, 6.45) is 1.33. The van der Waals surface area contributed by atoms with E-state index in [0.29, 0.717) is 28.4 Å². The van der Waals surface area contributed by atoms with Crippen LogP contribution in [0.1, 0.15) is 16.8 Å². The number of ketones is 1. The van der Waals surface area contributed by atoms with Crippen molar-refractivity contribution in [2.24, 2.45) is 0 Å². The van der Waals surface area contributed by atoms with Crippen molar-refractivity contribution >= 4 is 28.2 Å². The zero-order chi connectivity index (χ0) is 18.5. The standard InChI is InChI=1S/C19H16N4O3/c1-25-17-9-14-15(10-18(17)26-2)21-11-22-19(14)23-13-5-3-12(4-6-13)16(24)7-8-20/h3-6,9-11H,7H2,1-2H3,(H,21,22,23). The Morgan fingerprint density at radius 1 is 1.12 bits per heavy atom. The molecule has 3 rings (SSSR count). The summed E-state index contributed by atoms with van der Waals surface area (Å²) in [5.41, 5.74) is 1.96. The van der Waals surface area contributed by atoms with Gasteiger partial charge in [0, 0.05) is 22.7 Å². The molecule has 0 spiro atoms. The molecule has 2 aromatic carbocycles. The molecule has 0 radical (unpaired) electrons. The maximum atomic E-state index is 11.7. The Balaban J connectivity index is 1.93. The first kappa shape index (κ1) is 17.2. The van der Waals surface area contributed by atoms with Gasteiger partial charge in [0.05, 0.1) is 32.2 Å². The predicted octanol–water partition coefficient (Wildman–Crippen LogP) is 3.49. The largest absolute Gasteiger partial charge is 0.493 e. The monoisotopic (exact) mass is 348 g/mol. The maximum absolute atomic E-state index is 11.7. The zero-order valence-electron chi connectivity index (χ0n) is 14.3. The van der Waals surface area contributed by atoms with Crippen molar-refractivity contribution in [2.75, 3.05) is 19.5 Å². The summed E-state index contributed by atoms with van der Waals surface area (Å²) < 4.78 is 10.6. The van der Waals surface area contributed by atoms with Gasteiger partial charge in [0.15, 0.2) is 17.3 Å². The third-order valence-electron chi connectivity index (χ3n) is 3.85. The number of ether oxygens (including phenoxy) is 2. The molecule has 0 aliphatic heterocycles. The van der Waals surface area contributed by atoms with Crippen LogP contribution in [-0.4, -0.2) is 30.0 Å². The smallest absolute Gasteiger partial charge is 0.176 e. The SMILES string of the molecule is COc1cc2ncnc(Nc3ccc(C(=O)CC#N)cc3)c2cc1OC. The van der Waals surface area contributed by atoms with Crippen molar-refractivity contribution in [2.45, 2.75) is 6.42 Å². The Hall–Kier alpha value is -3.66. The number of hydrogen-bond acceptors (Lipinski definition) is 7. The Kier molecular flexibility index (Phi) is 4.94. The van der Waals surface area contributed by atoms with E-state index in [4.69, 9.17) is 14.7 Å². The molecule has 0 atom stereocenters. The van der Waals surface area contributed by atoms with Gasteiger partial charge in [0.25, 0.3) is 0 Å². The minimum Gasteiger partial charge on any atom is -0.493 e. The van der Waals surface area contributed by atoms with E-state index in [9.17, 15) is 4.79 Å². The second kappa shape index (κ2) is 7.49. The first-order valence-corrected chi connectivity index (χ1v) is 7.80. The summed E-state index contributed by atoms with van der Waals surface area (Å²) in [5, 5.41) is 12.6. The van der Waals surface area contributed by atoms with E-state index in [1.807, 2.05) is 6.07 Å². The van der Waals surface area contributed by atoms with Gasteiger partial charge in [-0.1, -0.05) is 0 Å². The number of fused-ring (bicyclic) bond motifs is 1. The van der Waals surface area contributed by atoms with E-state index in [2.05, 4.69) is 15.3 Å². The van der Waals surface area contributed by atoms with Gasteiger partial charge in [0.2, 0.25) is 0 Å². The normalized spacial score (nSPS) is 10.2. The third kappa shape index (κ3) is 3.39. The Bertz CT molecular complexity index is 994. The molecular formula is C19H16N4O3. The highest BCUT2D eigenvalue weighted by Gasteiger charge is 2.11. The van der Waals surface area contributed by atoms with Crippen molar-refractivity contribution < 1.29 is 14.3 Å². The van der Waals surface area contributed by atoms with Crippen molar-refractivity contribution in [1.29, 1.82) is 5.26 Å². The minimum atomic E-state index is -0.205. The van der Waals surface area contributed by atoms with Crippen LogP contribution in [-0.2, 0) is 0 Å². The number of Topliss-reactive ketones (excluding diaryl/α,β-unsaturated/α-hetero) is 1. The molecule has 3 aromatic rings. The number of methoxy groups -OCH3 is 2. The van der Waals surface area contributed by atoms with Gasteiger partial charge in [0.1, 0.15) is 12.1 Å². The van der Waals surface area contributed by atoms with Crippen LogP contribution in [0.3, 0.4) is 0 Å². The predicted molar refractivity (Wildman–Crippen MR) is 96.9 cm³/mol. The van der Waals surface area contributed by atoms with E-state index in [1.165, 1.54) is 6.33 Å². The van der Waals surface area contributed by atoms with Crippen LogP contribution in [0.15, 0.2) is 42.7 Å². The number of rotatable bonds is 6. The molecule has 0 amide bonds. The summed E-state index contributed by atoms with van der Waals surface area (Å²) in [4.78, 5) is 20.3. The molecule has 1 aromatic heterocycles. The molecule has 1 N–H and O–H groups in total. The Morgan fingerprint density at radius 2 is 1.81 bits per heavy atom. The molecule has 0 unspecified atom stereocenters. The molecule has 0 saturated carbocycles. The molecule has 7 heteroatoms. The summed E-state index contributed by atoms with van der Waals surface area (Å²) in [5.74, 6) is 1.57. The van der Waals surface area contributed by atoms with Crippen LogP contribution in [0.25, 0.3) is 10.9 Å². The second-order valence-electron chi connectivity index (χ2n) is 5.41. The lowest BCUT2D eigenvalue weighted by Gasteiger charge is -2.12. The number of nitrogens with zero attached hydrogens (tertiary/aromatic N) is 3. The fourth-order valence-corrected chi connectivity index (χ4v) is 2.53. The molecule has 0 fully saturated rings. The number of hydrogen-bond donors (Lipinski definition) is 1. The lowest BCUT2D eigenvalue weighted by molar-refractivity contribution is 0.0998. The van der Waals surface area contributed by atoms with Gasteiger partial charge in [-0.05, 0) is 30.3 Å². The van der Waals surface area contributed by atoms with E-state index < -0.39 is 0 Å². The first-order chi connectivity index (χ1) is 12.7. The van der Waals surface area contributed by atoms with Crippen molar-refractivity contribution in [1.82, 2.24) is 9.97 Å². The summed E-state index contributed by atoms with van der Waals surface area (Å²) in [6, 6.07) is 12.3. The van der Waals surface area contributed by atoms with Crippen LogP contribution >= 0.6 is 0 Å². The number of carbonyl (C=O) groups is 1. The van der Waals surface area contributed by atoms with Crippen LogP contribution < -0.4 is 14.8 Å². The van der Waals surface area contributed by atoms with Gasteiger partial charge in [-0.3, -0.25) is 4.79 Å². The highest BCUT2D eigenvalue weighted by atomic mass is 16.5. The van der Waals surface area contributed by atoms with E-state index in [1.54, 1.807) is 50.6 Å². The van der Waals surface area contributed by atoms with E-state index in [-0.39, 0.29) is 12.2 Å². The summed E-state index contributed by atoms with van der Waals surface area (Å²) in [6.45, 7) is 0. The van der Waals surface area contributed by atoms with Crippen molar-refractivity contribution in [3.05, 3.63) is 48.3 Å². The highest BCUT2D eigenvalue weighted by Crippen LogP contribution is 2.34. The number of nitrogens with one attached hydrogen (secondary N) is 1. The maximum Gasteiger partial charge on any atom is 0.176 e. The number of anilines is 2. The molecule has 1 heterocycles. The Labute approximate surface area is 150 Å². The zero-order valence-corrected chi connectivity index (χ0v) is 14.3. The number of carbonyl (C=O) groups excluding carboxylic acids is 1. The van der Waals surface area contributed by atoms with Crippen LogP contribution in [0.2, 0.25) is 0 Å². The average molecular weight is 348 g/mol. The van der Waals surface area contributed by atoms with Crippen molar-refractivity contribution in [3.8, 4) is 17.6 Å². The molecule has 26 heavy (non-hydrogen) atoms. The van der Waals surface area contributed by atoms with Gasteiger partial charge in [-0.2, -0.15) is 5.26 Å². The fraction of sp³-hybridized carbons (Fsp3) is 0.158. The van der Waals surface area contributed by atoms with Gasteiger partial charge in [-0.15, -0.1) is 0 Å². The molecule has 0 aliphatic rings. The molecule has 0 bridgehead atoms.